The molecule has 1 aliphatic rings. The maximum atomic E-state index is 12.5. The largest absolute Gasteiger partial charge is 0.394 e. The predicted molar refractivity (Wildman–Crippen MR) is 122 cm³/mol. The number of halogens is 2. The zero-order valence-electron chi connectivity index (χ0n) is 17.2. The molecule has 3 rings (SSSR count). The molecule has 0 saturated carbocycles. The molecule has 1 aliphatic heterocycles. The topological polar surface area (TPSA) is 81.7 Å². The van der Waals surface area contributed by atoms with Crippen LogP contribution < -0.4 is 10.6 Å². The van der Waals surface area contributed by atoms with Crippen LogP contribution in [-0.2, 0) is 11.3 Å². The number of hydrogen-bond donors (Lipinski definition) is 3. The molecule has 2 aromatic rings. The van der Waals surface area contributed by atoms with Gasteiger partial charge in [-0.25, -0.2) is 0 Å². The lowest BCUT2D eigenvalue weighted by molar-refractivity contribution is -0.124. The van der Waals surface area contributed by atoms with Gasteiger partial charge in [0.25, 0.3) is 5.91 Å². The SMILES string of the molecule is O=C(NC(CO)C(=O)NCC1CCN(Cc2ccc(Cl)cc2)CC1)c1cccc(Cl)c1. The normalized spacial score (nSPS) is 16.0. The molecule has 6 nitrogen and oxygen atoms in total. The van der Waals surface area contributed by atoms with E-state index in [-0.39, 0.29) is 5.91 Å². The van der Waals surface area contributed by atoms with E-state index in [4.69, 9.17) is 23.2 Å². The Morgan fingerprint density at radius 3 is 2.42 bits per heavy atom. The van der Waals surface area contributed by atoms with Gasteiger partial charge < -0.3 is 15.7 Å². The lowest BCUT2D eigenvalue weighted by atomic mass is 9.96. The fraction of sp³-hybridized carbons (Fsp3) is 0.391. The third-order valence-corrected chi connectivity index (χ3v) is 5.97. The second kappa shape index (κ2) is 11.5. The molecule has 0 spiro atoms. The zero-order chi connectivity index (χ0) is 22.2. The molecule has 2 amide bonds. The Kier molecular flexibility index (Phi) is 8.72. The van der Waals surface area contributed by atoms with Crippen LogP contribution in [0, 0.1) is 5.92 Å². The van der Waals surface area contributed by atoms with E-state index in [2.05, 4.69) is 15.5 Å². The van der Waals surface area contributed by atoms with Gasteiger partial charge in [0, 0.05) is 28.7 Å². The number of likely N-dealkylation sites (tertiary alicyclic amines) is 1. The summed E-state index contributed by atoms with van der Waals surface area (Å²) in [5, 5.41) is 16.2. The Bertz CT molecular complexity index is 884. The van der Waals surface area contributed by atoms with Gasteiger partial charge in [-0.2, -0.15) is 0 Å². The van der Waals surface area contributed by atoms with Crippen LogP contribution in [0.15, 0.2) is 48.5 Å². The highest BCUT2D eigenvalue weighted by Crippen LogP contribution is 2.19. The molecule has 8 heteroatoms. The average Bonchev–Trinajstić information content (AvgIpc) is 2.78. The lowest BCUT2D eigenvalue weighted by Gasteiger charge is -2.32. The quantitative estimate of drug-likeness (QED) is 0.561. The highest BCUT2D eigenvalue weighted by molar-refractivity contribution is 6.31. The summed E-state index contributed by atoms with van der Waals surface area (Å²) in [6.45, 7) is 2.85. The number of amides is 2. The van der Waals surface area contributed by atoms with Crippen molar-refractivity contribution >= 4 is 35.0 Å². The van der Waals surface area contributed by atoms with E-state index < -0.39 is 18.6 Å². The molecular formula is C23H27Cl2N3O3. The van der Waals surface area contributed by atoms with Crippen LogP contribution >= 0.6 is 23.2 Å². The Labute approximate surface area is 192 Å². The monoisotopic (exact) mass is 463 g/mol. The molecule has 3 N–H and O–H groups in total. The van der Waals surface area contributed by atoms with Crippen LogP contribution in [0.25, 0.3) is 0 Å². The van der Waals surface area contributed by atoms with Crippen molar-refractivity contribution in [2.24, 2.45) is 5.92 Å². The van der Waals surface area contributed by atoms with E-state index in [9.17, 15) is 14.7 Å². The first kappa shape index (κ1) is 23.5. The Balaban J connectivity index is 1.41. The molecule has 1 unspecified atom stereocenters. The van der Waals surface area contributed by atoms with Gasteiger partial charge in [0.05, 0.1) is 6.61 Å². The van der Waals surface area contributed by atoms with Crippen molar-refractivity contribution in [1.29, 1.82) is 0 Å². The van der Waals surface area contributed by atoms with Crippen LogP contribution in [0.5, 0.6) is 0 Å². The summed E-state index contributed by atoms with van der Waals surface area (Å²) in [5.74, 6) is -0.470. The van der Waals surface area contributed by atoms with E-state index in [1.807, 2.05) is 24.3 Å². The first-order chi connectivity index (χ1) is 14.9. The average molecular weight is 464 g/mol. The molecule has 166 valence electrons. The molecule has 2 aromatic carbocycles. The standard InChI is InChI=1S/C23H27Cl2N3O3/c24-19-6-4-17(5-7-19)14-28-10-8-16(9-11-28)13-26-23(31)21(15-29)27-22(30)18-2-1-3-20(25)12-18/h1-7,12,16,21,29H,8-11,13-15H2,(H,26,31)(H,27,30). The molecule has 1 heterocycles. The number of aliphatic hydroxyl groups is 1. The summed E-state index contributed by atoms with van der Waals surface area (Å²) in [4.78, 5) is 27.2. The third kappa shape index (κ3) is 7.21. The summed E-state index contributed by atoms with van der Waals surface area (Å²) in [6.07, 6.45) is 1.96. The van der Waals surface area contributed by atoms with Crippen molar-refractivity contribution < 1.29 is 14.7 Å². The molecule has 0 aliphatic carbocycles. The second-order valence-electron chi connectivity index (χ2n) is 7.81. The molecular weight excluding hydrogens is 437 g/mol. The molecule has 1 fully saturated rings. The molecule has 0 radical (unpaired) electrons. The van der Waals surface area contributed by atoms with Crippen LogP contribution in [0.3, 0.4) is 0 Å². The summed E-state index contributed by atoms with van der Waals surface area (Å²) in [6, 6.07) is 13.3. The summed E-state index contributed by atoms with van der Waals surface area (Å²) in [7, 11) is 0. The minimum absolute atomic E-state index is 0.340. The van der Waals surface area contributed by atoms with Crippen molar-refractivity contribution in [2.45, 2.75) is 25.4 Å². The minimum atomic E-state index is -1.00. The number of carbonyl (C=O) groups excluding carboxylic acids is 2. The number of nitrogens with zero attached hydrogens (tertiary/aromatic N) is 1. The van der Waals surface area contributed by atoms with Crippen LogP contribution in [0.1, 0.15) is 28.8 Å². The minimum Gasteiger partial charge on any atom is -0.394 e. The van der Waals surface area contributed by atoms with E-state index in [0.29, 0.717) is 23.0 Å². The number of benzene rings is 2. The van der Waals surface area contributed by atoms with Gasteiger partial charge in [0.1, 0.15) is 6.04 Å². The van der Waals surface area contributed by atoms with E-state index in [1.165, 1.54) is 11.6 Å². The first-order valence-corrected chi connectivity index (χ1v) is 11.1. The van der Waals surface area contributed by atoms with Gasteiger partial charge in [-0.05, 0) is 67.7 Å². The highest BCUT2D eigenvalue weighted by Gasteiger charge is 2.24. The maximum Gasteiger partial charge on any atom is 0.252 e. The first-order valence-electron chi connectivity index (χ1n) is 10.4. The van der Waals surface area contributed by atoms with Crippen LogP contribution in [0.2, 0.25) is 10.0 Å². The molecule has 31 heavy (non-hydrogen) atoms. The van der Waals surface area contributed by atoms with Crippen molar-refractivity contribution in [3.05, 3.63) is 69.7 Å². The van der Waals surface area contributed by atoms with E-state index in [0.717, 1.165) is 37.5 Å². The number of piperidine rings is 1. The molecule has 1 atom stereocenters. The molecule has 1 saturated heterocycles. The van der Waals surface area contributed by atoms with E-state index in [1.54, 1.807) is 18.2 Å². The zero-order valence-corrected chi connectivity index (χ0v) is 18.7. The van der Waals surface area contributed by atoms with Crippen LogP contribution in [-0.4, -0.2) is 54.1 Å². The summed E-state index contributed by atoms with van der Waals surface area (Å²) >= 11 is 11.8. The molecule has 0 aromatic heterocycles. The number of aliphatic hydroxyl groups excluding tert-OH is 1. The van der Waals surface area contributed by atoms with Gasteiger partial charge >= 0.3 is 0 Å². The molecule has 0 bridgehead atoms. The van der Waals surface area contributed by atoms with Crippen molar-refractivity contribution in [2.75, 3.05) is 26.2 Å². The number of rotatable bonds is 8. The van der Waals surface area contributed by atoms with E-state index >= 15 is 0 Å². The van der Waals surface area contributed by atoms with Crippen molar-refractivity contribution in [3.63, 3.8) is 0 Å². The number of nitrogens with one attached hydrogen (secondary N) is 2. The third-order valence-electron chi connectivity index (χ3n) is 5.48. The predicted octanol–water partition coefficient (Wildman–Crippen LogP) is 3.11. The van der Waals surface area contributed by atoms with Crippen molar-refractivity contribution in [3.8, 4) is 0 Å². The van der Waals surface area contributed by atoms with Crippen LogP contribution in [0.4, 0.5) is 0 Å². The fourth-order valence-electron chi connectivity index (χ4n) is 3.63. The highest BCUT2D eigenvalue weighted by atomic mass is 35.5. The Morgan fingerprint density at radius 2 is 1.77 bits per heavy atom. The smallest absolute Gasteiger partial charge is 0.252 e. The summed E-state index contributed by atoms with van der Waals surface area (Å²) in [5.41, 5.74) is 1.57. The fourth-order valence-corrected chi connectivity index (χ4v) is 3.95. The Morgan fingerprint density at radius 1 is 1.06 bits per heavy atom. The van der Waals surface area contributed by atoms with Gasteiger partial charge in [0.2, 0.25) is 5.91 Å². The van der Waals surface area contributed by atoms with Gasteiger partial charge in [0.15, 0.2) is 0 Å². The Hall–Kier alpha value is -2.12. The maximum absolute atomic E-state index is 12.5. The van der Waals surface area contributed by atoms with Gasteiger partial charge in [-0.1, -0.05) is 41.4 Å². The summed E-state index contributed by atoms with van der Waals surface area (Å²) < 4.78 is 0. The number of carbonyl (C=O) groups is 2. The van der Waals surface area contributed by atoms with Gasteiger partial charge in [-0.15, -0.1) is 0 Å². The lowest BCUT2D eigenvalue weighted by Crippen LogP contribution is -2.50. The van der Waals surface area contributed by atoms with Gasteiger partial charge in [-0.3, -0.25) is 14.5 Å². The second-order valence-corrected chi connectivity index (χ2v) is 8.68. The van der Waals surface area contributed by atoms with Crippen molar-refractivity contribution in [1.82, 2.24) is 15.5 Å². The number of hydrogen-bond acceptors (Lipinski definition) is 4.